The third-order valence-electron chi connectivity index (χ3n) is 2.89. The van der Waals surface area contributed by atoms with Gasteiger partial charge in [0.1, 0.15) is 0 Å². The first-order valence-electron chi connectivity index (χ1n) is 6.96. The van der Waals surface area contributed by atoms with Crippen molar-refractivity contribution >= 4 is 11.8 Å². The van der Waals surface area contributed by atoms with E-state index in [0.717, 1.165) is 12.0 Å². The van der Waals surface area contributed by atoms with E-state index in [1.165, 1.54) is 5.56 Å². The van der Waals surface area contributed by atoms with E-state index in [9.17, 15) is 18.3 Å². The Morgan fingerprint density at radius 1 is 1.19 bits per heavy atom. The van der Waals surface area contributed by atoms with Crippen molar-refractivity contribution < 1.29 is 18.3 Å². The summed E-state index contributed by atoms with van der Waals surface area (Å²) in [5, 5.41) is 12.8. The van der Waals surface area contributed by atoms with Crippen LogP contribution in [0, 0.1) is 5.92 Å². The van der Waals surface area contributed by atoms with Crippen LogP contribution in [0.5, 0.6) is 0 Å². The third kappa shape index (κ3) is 8.34. The number of aliphatic hydroxyl groups is 1. The van der Waals surface area contributed by atoms with Gasteiger partial charge in [0.15, 0.2) is 0 Å². The van der Waals surface area contributed by atoms with Crippen LogP contribution in [0.3, 0.4) is 0 Å². The van der Waals surface area contributed by atoms with Crippen LogP contribution in [-0.2, 0) is 6.42 Å². The maximum absolute atomic E-state index is 11.9. The molecule has 0 radical (unpaired) electrons. The topological polar surface area (TPSA) is 32.3 Å². The molecular weight excluding hydrogens is 299 g/mol. The molecule has 0 fully saturated rings. The maximum atomic E-state index is 11.9. The van der Waals surface area contributed by atoms with E-state index in [1.807, 2.05) is 24.3 Å². The average Bonchev–Trinajstić information content (AvgIpc) is 2.37. The maximum Gasteiger partial charge on any atom is 0.441 e. The largest absolute Gasteiger partial charge is 0.441 e. The molecule has 21 heavy (non-hydrogen) atoms. The summed E-state index contributed by atoms with van der Waals surface area (Å²) in [5.41, 5.74) is -2.19. The smallest absolute Gasteiger partial charge is 0.387 e. The van der Waals surface area contributed by atoms with E-state index < -0.39 is 11.6 Å². The minimum Gasteiger partial charge on any atom is -0.387 e. The van der Waals surface area contributed by atoms with Gasteiger partial charge >= 0.3 is 5.51 Å². The lowest BCUT2D eigenvalue weighted by atomic mass is 10.0. The van der Waals surface area contributed by atoms with Gasteiger partial charge in [-0.1, -0.05) is 38.1 Å². The van der Waals surface area contributed by atoms with Crippen LogP contribution in [0.25, 0.3) is 0 Å². The average molecular weight is 321 g/mol. The van der Waals surface area contributed by atoms with E-state index >= 15 is 0 Å². The van der Waals surface area contributed by atoms with E-state index in [0.29, 0.717) is 5.92 Å². The molecule has 2 N–H and O–H groups in total. The van der Waals surface area contributed by atoms with Gasteiger partial charge in [-0.2, -0.15) is 13.2 Å². The van der Waals surface area contributed by atoms with Crippen molar-refractivity contribution in [3.63, 3.8) is 0 Å². The van der Waals surface area contributed by atoms with Crippen LogP contribution in [0.15, 0.2) is 24.3 Å². The molecule has 6 heteroatoms. The lowest BCUT2D eigenvalue weighted by molar-refractivity contribution is -0.0327. The van der Waals surface area contributed by atoms with Gasteiger partial charge in [-0.05, 0) is 35.2 Å². The second-order valence-corrected chi connectivity index (χ2v) is 6.51. The predicted octanol–water partition coefficient (Wildman–Crippen LogP) is 3.76. The minimum atomic E-state index is -4.19. The molecule has 0 amide bonds. The summed E-state index contributed by atoms with van der Waals surface area (Å²) in [7, 11) is 0. The van der Waals surface area contributed by atoms with E-state index in [1.54, 1.807) is 0 Å². The Morgan fingerprint density at radius 2 is 1.81 bits per heavy atom. The Bertz CT molecular complexity index is 406. The molecule has 1 aromatic rings. The third-order valence-corrected chi connectivity index (χ3v) is 3.63. The second-order valence-electron chi connectivity index (χ2n) is 5.35. The number of aliphatic hydroxyl groups excluding tert-OH is 1. The molecule has 120 valence electrons. The summed E-state index contributed by atoms with van der Waals surface area (Å²) in [6, 6.07) is 7.71. The van der Waals surface area contributed by atoms with Gasteiger partial charge < -0.3 is 10.4 Å². The lowest BCUT2D eigenvalue weighted by Crippen LogP contribution is -2.24. The van der Waals surface area contributed by atoms with Crippen molar-refractivity contribution in [1.82, 2.24) is 5.32 Å². The molecule has 0 heterocycles. The number of alkyl halides is 3. The summed E-state index contributed by atoms with van der Waals surface area (Å²) >= 11 is -0.0555. The van der Waals surface area contributed by atoms with Crippen molar-refractivity contribution in [2.24, 2.45) is 5.92 Å². The van der Waals surface area contributed by atoms with E-state index in [-0.39, 0.29) is 30.6 Å². The fraction of sp³-hybridized carbons (Fsp3) is 0.600. The van der Waals surface area contributed by atoms with Crippen molar-refractivity contribution in [2.75, 3.05) is 18.8 Å². The highest BCUT2D eigenvalue weighted by Crippen LogP contribution is 2.29. The molecule has 0 saturated carbocycles. The Labute approximate surface area is 128 Å². The normalized spacial score (nSPS) is 13.7. The Morgan fingerprint density at radius 3 is 2.33 bits per heavy atom. The van der Waals surface area contributed by atoms with Gasteiger partial charge in [0.2, 0.25) is 0 Å². The summed E-state index contributed by atoms with van der Waals surface area (Å²) in [6.45, 7) is 4.76. The summed E-state index contributed by atoms with van der Waals surface area (Å²) in [5.74, 6) is 0.525. The van der Waals surface area contributed by atoms with Crippen molar-refractivity contribution in [2.45, 2.75) is 31.9 Å². The molecule has 0 aliphatic rings. The van der Waals surface area contributed by atoms with Crippen molar-refractivity contribution in [3.05, 3.63) is 35.4 Å². The van der Waals surface area contributed by atoms with Crippen LogP contribution in [0.1, 0.15) is 31.1 Å². The van der Waals surface area contributed by atoms with Gasteiger partial charge in [-0.25, -0.2) is 0 Å². The number of halogens is 3. The first-order chi connectivity index (χ1) is 9.78. The Kier molecular flexibility index (Phi) is 7.56. The minimum absolute atomic E-state index is 0.0520. The molecule has 1 atom stereocenters. The molecule has 0 aliphatic carbocycles. The Hall–Kier alpha value is -0.720. The van der Waals surface area contributed by atoms with E-state index in [2.05, 4.69) is 19.2 Å². The first kappa shape index (κ1) is 18.3. The van der Waals surface area contributed by atoms with E-state index in [4.69, 9.17) is 0 Å². The SMILES string of the molecule is CC(C)Cc1ccc(C(O)CNCCSC(F)(F)F)cc1. The van der Waals surface area contributed by atoms with Crippen molar-refractivity contribution in [3.8, 4) is 0 Å². The fourth-order valence-electron chi connectivity index (χ4n) is 1.94. The Balaban J connectivity index is 2.30. The molecule has 2 nitrogen and oxygen atoms in total. The molecule has 0 spiro atoms. The molecule has 0 saturated heterocycles. The van der Waals surface area contributed by atoms with Gasteiger partial charge in [-0.15, -0.1) is 0 Å². The summed E-state index contributed by atoms with van der Waals surface area (Å²) in [4.78, 5) is 0. The van der Waals surface area contributed by atoms with Gasteiger partial charge in [-0.3, -0.25) is 0 Å². The zero-order valence-corrected chi connectivity index (χ0v) is 13.1. The van der Waals surface area contributed by atoms with Crippen LogP contribution >= 0.6 is 11.8 Å². The van der Waals surface area contributed by atoms with Crippen LogP contribution in [0.4, 0.5) is 13.2 Å². The van der Waals surface area contributed by atoms with Gasteiger partial charge in [0.05, 0.1) is 6.10 Å². The van der Waals surface area contributed by atoms with Gasteiger partial charge in [0.25, 0.3) is 0 Å². The predicted molar refractivity (Wildman–Crippen MR) is 81.3 cm³/mol. The number of thioether (sulfide) groups is 1. The van der Waals surface area contributed by atoms with Crippen LogP contribution < -0.4 is 5.32 Å². The number of nitrogens with one attached hydrogen (secondary N) is 1. The molecule has 0 aromatic heterocycles. The molecule has 0 aliphatic heterocycles. The lowest BCUT2D eigenvalue weighted by Gasteiger charge is -2.13. The highest BCUT2D eigenvalue weighted by molar-refractivity contribution is 8.00. The molecule has 0 bridgehead atoms. The molecular formula is C15H22F3NOS. The monoisotopic (exact) mass is 321 g/mol. The zero-order valence-electron chi connectivity index (χ0n) is 12.3. The zero-order chi connectivity index (χ0) is 15.9. The highest BCUT2D eigenvalue weighted by atomic mass is 32.2. The highest BCUT2D eigenvalue weighted by Gasteiger charge is 2.27. The first-order valence-corrected chi connectivity index (χ1v) is 7.95. The van der Waals surface area contributed by atoms with Crippen LogP contribution in [0.2, 0.25) is 0 Å². The number of rotatable bonds is 8. The number of hydrogen-bond acceptors (Lipinski definition) is 3. The van der Waals surface area contributed by atoms with Gasteiger partial charge in [0, 0.05) is 18.8 Å². The summed E-state index contributed by atoms with van der Waals surface area (Å²) in [6.07, 6.45) is 0.289. The number of benzene rings is 1. The second kappa shape index (κ2) is 8.66. The molecule has 1 rings (SSSR count). The van der Waals surface area contributed by atoms with Crippen LogP contribution in [-0.4, -0.2) is 29.5 Å². The fourth-order valence-corrected chi connectivity index (χ4v) is 2.42. The molecule has 1 aromatic carbocycles. The quantitative estimate of drug-likeness (QED) is 0.715. The number of hydrogen-bond donors (Lipinski definition) is 2. The summed E-state index contributed by atoms with van der Waals surface area (Å²) < 4.78 is 35.8. The standard InChI is InChI=1S/C15H22F3NOS/c1-11(2)9-12-3-5-13(6-4-12)14(20)10-19-7-8-21-15(16,17)18/h3-6,11,14,19-20H,7-10H2,1-2H3. The molecule has 1 unspecified atom stereocenters. The van der Waals surface area contributed by atoms with Crippen molar-refractivity contribution in [1.29, 1.82) is 0 Å².